The van der Waals surface area contributed by atoms with Crippen molar-refractivity contribution in [2.45, 2.75) is 36.8 Å². The first-order chi connectivity index (χ1) is 17.2. The summed E-state index contributed by atoms with van der Waals surface area (Å²) < 4.78 is 39.4. The number of hydrogen-bond acceptors (Lipinski definition) is 6. The Hall–Kier alpha value is -2.62. The Morgan fingerprint density at radius 3 is 2.44 bits per heavy atom. The number of nitrogens with one attached hydrogen (secondary N) is 1. The number of benzene rings is 3. The number of methoxy groups -OCH3 is 1. The Bertz CT molecular complexity index is 1310. The molecular weight excluding hydrogens is 500 g/mol. The van der Waals surface area contributed by atoms with Gasteiger partial charge in [0.1, 0.15) is 5.75 Å². The molecule has 0 amide bonds. The standard InChI is InChI=1S/C27H31ClN2O5S/c1-3-29-36(32,33)26-12-11-21(28)18-23(26)27(31)13-15-30(16-14-27)19-20-7-6-8-22(17-20)35-25-10-5-4-9-24(25)34-2/h4-12,17-18,29,31H,3,13-16,19H2,1-2H3. The highest BCUT2D eigenvalue weighted by atomic mass is 35.5. The van der Waals surface area contributed by atoms with E-state index >= 15 is 0 Å². The molecule has 1 saturated heterocycles. The summed E-state index contributed by atoms with van der Waals surface area (Å²) in [6, 6.07) is 19.9. The third-order valence-electron chi connectivity index (χ3n) is 6.35. The number of ether oxygens (including phenoxy) is 2. The van der Waals surface area contributed by atoms with Crippen LogP contribution in [0, 0.1) is 0 Å². The Morgan fingerprint density at radius 1 is 1.03 bits per heavy atom. The van der Waals surface area contributed by atoms with Gasteiger partial charge < -0.3 is 14.6 Å². The number of aliphatic hydroxyl groups is 1. The lowest BCUT2D eigenvalue weighted by Crippen LogP contribution is -2.43. The number of nitrogens with zero attached hydrogens (tertiary/aromatic N) is 1. The van der Waals surface area contributed by atoms with Crippen molar-refractivity contribution in [3.05, 3.63) is 82.9 Å². The number of likely N-dealkylation sites (tertiary alicyclic amines) is 1. The fourth-order valence-corrected chi connectivity index (χ4v) is 6.01. The average molecular weight is 531 g/mol. The van der Waals surface area contributed by atoms with E-state index in [0.717, 1.165) is 5.56 Å². The fourth-order valence-electron chi connectivity index (χ4n) is 4.51. The van der Waals surface area contributed by atoms with Crippen molar-refractivity contribution in [1.29, 1.82) is 0 Å². The summed E-state index contributed by atoms with van der Waals surface area (Å²) in [5.74, 6) is 2.02. The Kier molecular flexibility index (Phi) is 8.22. The molecule has 36 heavy (non-hydrogen) atoms. The smallest absolute Gasteiger partial charge is 0.240 e. The molecule has 3 aromatic carbocycles. The van der Waals surface area contributed by atoms with Crippen molar-refractivity contribution >= 4 is 21.6 Å². The van der Waals surface area contributed by atoms with Gasteiger partial charge in [-0.3, -0.25) is 4.90 Å². The first kappa shape index (κ1) is 26.4. The van der Waals surface area contributed by atoms with Gasteiger partial charge in [0.05, 0.1) is 17.6 Å². The summed E-state index contributed by atoms with van der Waals surface area (Å²) in [5, 5.41) is 11.9. The van der Waals surface area contributed by atoms with Crippen molar-refractivity contribution in [2.24, 2.45) is 0 Å². The summed E-state index contributed by atoms with van der Waals surface area (Å²) in [6.45, 7) is 3.85. The predicted octanol–water partition coefficient (Wildman–Crippen LogP) is 4.92. The lowest BCUT2D eigenvalue weighted by atomic mass is 9.84. The Balaban J connectivity index is 1.46. The van der Waals surface area contributed by atoms with Crippen molar-refractivity contribution in [3.63, 3.8) is 0 Å². The van der Waals surface area contributed by atoms with E-state index in [2.05, 4.69) is 9.62 Å². The molecule has 0 bridgehead atoms. The van der Waals surface area contributed by atoms with E-state index in [1.807, 2.05) is 48.5 Å². The number of rotatable bonds is 9. The second-order valence-electron chi connectivity index (χ2n) is 8.85. The highest BCUT2D eigenvalue weighted by Gasteiger charge is 2.38. The van der Waals surface area contributed by atoms with Crippen molar-refractivity contribution in [2.75, 3.05) is 26.7 Å². The number of para-hydroxylation sites is 2. The second-order valence-corrected chi connectivity index (χ2v) is 11.0. The molecule has 3 aromatic rings. The van der Waals surface area contributed by atoms with Crippen LogP contribution in [0.25, 0.3) is 0 Å². The maximum Gasteiger partial charge on any atom is 0.240 e. The molecule has 0 atom stereocenters. The van der Waals surface area contributed by atoms with Crippen LogP contribution in [0.5, 0.6) is 17.2 Å². The van der Waals surface area contributed by atoms with Crippen LogP contribution in [0.4, 0.5) is 0 Å². The van der Waals surface area contributed by atoms with Gasteiger partial charge in [-0.15, -0.1) is 0 Å². The third-order valence-corrected chi connectivity index (χ3v) is 8.19. The molecule has 0 unspecified atom stereocenters. The van der Waals surface area contributed by atoms with Crippen LogP contribution >= 0.6 is 11.6 Å². The molecule has 192 valence electrons. The van der Waals surface area contributed by atoms with Crippen LogP contribution in [-0.4, -0.2) is 45.2 Å². The molecule has 0 radical (unpaired) electrons. The van der Waals surface area contributed by atoms with E-state index in [0.29, 0.717) is 60.3 Å². The first-order valence-electron chi connectivity index (χ1n) is 11.9. The zero-order valence-electron chi connectivity index (χ0n) is 20.4. The molecule has 0 aromatic heterocycles. The number of piperidine rings is 1. The lowest BCUT2D eigenvalue weighted by Gasteiger charge is -2.39. The highest BCUT2D eigenvalue weighted by Crippen LogP contribution is 2.38. The van der Waals surface area contributed by atoms with Gasteiger partial charge in [0.15, 0.2) is 11.5 Å². The van der Waals surface area contributed by atoms with Crippen LogP contribution < -0.4 is 14.2 Å². The van der Waals surface area contributed by atoms with Crippen LogP contribution in [0.2, 0.25) is 5.02 Å². The Labute approximate surface area is 217 Å². The second kappa shape index (κ2) is 11.2. The zero-order chi connectivity index (χ0) is 25.8. The van der Waals surface area contributed by atoms with Crippen molar-refractivity contribution in [3.8, 4) is 17.2 Å². The van der Waals surface area contributed by atoms with Crippen LogP contribution in [0.15, 0.2) is 71.6 Å². The fraction of sp³-hybridized carbons (Fsp3) is 0.333. The molecule has 9 heteroatoms. The van der Waals surface area contributed by atoms with E-state index in [-0.39, 0.29) is 11.4 Å². The van der Waals surface area contributed by atoms with Crippen molar-refractivity contribution < 1.29 is 23.0 Å². The normalized spacial score (nSPS) is 16.0. The van der Waals surface area contributed by atoms with Gasteiger partial charge in [-0.05, 0) is 60.9 Å². The Morgan fingerprint density at radius 2 is 1.75 bits per heavy atom. The number of hydrogen-bond donors (Lipinski definition) is 2. The summed E-state index contributed by atoms with van der Waals surface area (Å²) in [6.07, 6.45) is 0.777. The van der Waals surface area contributed by atoms with Crippen LogP contribution in [0.1, 0.15) is 30.9 Å². The molecule has 1 aliphatic heterocycles. The van der Waals surface area contributed by atoms with E-state index in [1.165, 1.54) is 12.1 Å². The molecule has 4 rings (SSSR count). The molecule has 0 aliphatic carbocycles. The molecule has 2 N–H and O–H groups in total. The molecule has 0 saturated carbocycles. The minimum Gasteiger partial charge on any atom is -0.493 e. The maximum atomic E-state index is 12.8. The first-order valence-corrected chi connectivity index (χ1v) is 13.7. The van der Waals surface area contributed by atoms with Gasteiger partial charge >= 0.3 is 0 Å². The SMILES string of the molecule is CCNS(=O)(=O)c1ccc(Cl)cc1C1(O)CCN(Cc2cccc(Oc3ccccc3OC)c2)CC1. The zero-order valence-corrected chi connectivity index (χ0v) is 22.0. The van der Waals surface area contributed by atoms with Gasteiger partial charge in [0.25, 0.3) is 0 Å². The van der Waals surface area contributed by atoms with Crippen LogP contribution in [0.3, 0.4) is 0 Å². The molecule has 1 fully saturated rings. The minimum atomic E-state index is -3.75. The molecule has 1 aliphatic rings. The highest BCUT2D eigenvalue weighted by molar-refractivity contribution is 7.89. The van der Waals surface area contributed by atoms with Gasteiger partial charge in [-0.2, -0.15) is 0 Å². The van der Waals surface area contributed by atoms with E-state index in [9.17, 15) is 13.5 Å². The van der Waals surface area contributed by atoms with Gasteiger partial charge in [-0.1, -0.05) is 42.8 Å². The topological polar surface area (TPSA) is 88.1 Å². The third kappa shape index (κ3) is 6.02. The molecule has 1 heterocycles. The summed E-state index contributed by atoms with van der Waals surface area (Å²) in [7, 11) is -2.14. The van der Waals surface area contributed by atoms with Gasteiger partial charge in [0.2, 0.25) is 10.0 Å². The quantitative estimate of drug-likeness (QED) is 0.408. The number of sulfonamides is 1. The lowest BCUT2D eigenvalue weighted by molar-refractivity contribution is -0.0299. The summed E-state index contributed by atoms with van der Waals surface area (Å²) in [4.78, 5) is 2.31. The molecule has 7 nitrogen and oxygen atoms in total. The van der Waals surface area contributed by atoms with Crippen LogP contribution in [-0.2, 0) is 22.2 Å². The largest absolute Gasteiger partial charge is 0.493 e. The maximum absolute atomic E-state index is 12.8. The van der Waals surface area contributed by atoms with Gasteiger partial charge in [0, 0.05) is 36.8 Å². The summed E-state index contributed by atoms with van der Waals surface area (Å²) in [5.41, 5.74) is 0.141. The predicted molar refractivity (Wildman–Crippen MR) is 140 cm³/mol. The molecular formula is C27H31ClN2O5S. The average Bonchev–Trinajstić information content (AvgIpc) is 2.86. The van der Waals surface area contributed by atoms with Gasteiger partial charge in [-0.25, -0.2) is 13.1 Å². The number of halogens is 1. The van der Waals surface area contributed by atoms with E-state index < -0.39 is 15.6 Å². The van der Waals surface area contributed by atoms with E-state index in [1.54, 1.807) is 20.1 Å². The monoisotopic (exact) mass is 530 g/mol. The minimum absolute atomic E-state index is 0.0749. The molecule has 0 spiro atoms. The van der Waals surface area contributed by atoms with E-state index in [4.69, 9.17) is 21.1 Å². The summed E-state index contributed by atoms with van der Waals surface area (Å²) >= 11 is 6.20. The van der Waals surface area contributed by atoms with Crippen molar-refractivity contribution in [1.82, 2.24) is 9.62 Å².